The van der Waals surface area contributed by atoms with Crippen molar-refractivity contribution in [1.82, 2.24) is 25.0 Å². The Labute approximate surface area is 181 Å². The highest BCUT2D eigenvalue weighted by atomic mass is 32.1. The molecule has 0 spiro atoms. The second-order valence-corrected chi connectivity index (χ2v) is 8.28. The zero-order chi connectivity index (χ0) is 20.9. The number of H-pyrrole nitrogens is 1. The molecule has 2 heterocycles. The van der Waals surface area contributed by atoms with Crippen LogP contribution in [-0.2, 0) is 17.9 Å². The largest absolute Gasteiger partial charge is 0.352 e. The summed E-state index contributed by atoms with van der Waals surface area (Å²) in [5.74, 6) is 0.825. The van der Waals surface area contributed by atoms with Crippen molar-refractivity contribution >= 4 is 18.1 Å². The van der Waals surface area contributed by atoms with Gasteiger partial charge in [0.1, 0.15) is 0 Å². The lowest BCUT2D eigenvalue weighted by molar-refractivity contribution is -0.121. The van der Waals surface area contributed by atoms with Gasteiger partial charge in [-0.05, 0) is 37.2 Å². The number of likely N-dealkylation sites (tertiary alicyclic amines) is 1. The summed E-state index contributed by atoms with van der Waals surface area (Å²) in [5.41, 5.74) is 3.46. The minimum atomic E-state index is 0.0554. The Morgan fingerprint density at radius 2 is 2.07 bits per heavy atom. The van der Waals surface area contributed by atoms with E-state index >= 15 is 0 Å². The minimum Gasteiger partial charge on any atom is -0.352 e. The van der Waals surface area contributed by atoms with E-state index in [1.807, 2.05) is 35.8 Å². The molecule has 0 bridgehead atoms. The summed E-state index contributed by atoms with van der Waals surface area (Å²) in [6, 6.07) is 18.8. The van der Waals surface area contributed by atoms with Gasteiger partial charge in [0.05, 0.1) is 0 Å². The third-order valence-corrected chi connectivity index (χ3v) is 5.80. The van der Waals surface area contributed by atoms with E-state index in [0.717, 1.165) is 43.0 Å². The number of aryl methyl sites for hydroxylation is 1. The zero-order valence-corrected chi connectivity index (χ0v) is 18.0. The summed E-state index contributed by atoms with van der Waals surface area (Å²) in [5, 5.41) is 10.4. The zero-order valence-electron chi connectivity index (χ0n) is 17.2. The molecule has 0 saturated carbocycles. The first kappa shape index (κ1) is 20.5. The number of amides is 1. The highest BCUT2D eigenvalue weighted by Crippen LogP contribution is 2.19. The maximum absolute atomic E-state index is 12.6. The summed E-state index contributed by atoms with van der Waals surface area (Å²) in [6.07, 6.45) is 1.36. The Kier molecular flexibility index (Phi) is 6.40. The van der Waals surface area contributed by atoms with Crippen molar-refractivity contribution < 1.29 is 4.79 Å². The van der Waals surface area contributed by atoms with E-state index in [2.05, 4.69) is 50.7 Å². The number of aromatic amines is 1. The maximum Gasteiger partial charge on any atom is 0.222 e. The first-order valence-corrected chi connectivity index (χ1v) is 10.8. The van der Waals surface area contributed by atoms with Gasteiger partial charge in [-0.15, -0.1) is 0 Å². The molecule has 6 nitrogen and oxygen atoms in total. The molecule has 1 unspecified atom stereocenters. The standard InChI is InChI=1S/C23H27N5OS/c1-17-6-5-9-19(14-17)22-25-26-23(30)28(22)13-11-21(29)24-20-10-12-27(16-20)15-18-7-3-2-4-8-18/h2-9,14,20H,10-13,15-16H2,1H3,(H,24,29)(H,26,30). The van der Waals surface area contributed by atoms with Gasteiger partial charge in [0.15, 0.2) is 10.6 Å². The summed E-state index contributed by atoms with van der Waals surface area (Å²) >= 11 is 5.39. The fourth-order valence-electron chi connectivity index (χ4n) is 3.98. The van der Waals surface area contributed by atoms with Gasteiger partial charge >= 0.3 is 0 Å². The second-order valence-electron chi connectivity index (χ2n) is 7.90. The quantitative estimate of drug-likeness (QED) is 0.571. The number of carbonyl (C=O) groups is 1. The molecule has 7 heteroatoms. The summed E-state index contributed by atoms with van der Waals surface area (Å²) in [7, 11) is 0. The molecule has 1 aliphatic rings. The normalized spacial score (nSPS) is 16.6. The van der Waals surface area contributed by atoms with Crippen molar-refractivity contribution in [3.8, 4) is 11.4 Å². The molecule has 0 aliphatic carbocycles. The van der Waals surface area contributed by atoms with E-state index in [1.54, 1.807) is 0 Å². The fraction of sp³-hybridized carbons (Fsp3) is 0.348. The summed E-state index contributed by atoms with van der Waals surface area (Å²) < 4.78 is 2.44. The third-order valence-electron chi connectivity index (χ3n) is 5.48. The number of aromatic nitrogens is 3. The van der Waals surface area contributed by atoms with Crippen LogP contribution in [0.5, 0.6) is 0 Å². The van der Waals surface area contributed by atoms with Crippen LogP contribution in [0, 0.1) is 11.7 Å². The highest BCUT2D eigenvalue weighted by molar-refractivity contribution is 7.71. The van der Waals surface area contributed by atoms with Crippen LogP contribution in [0.2, 0.25) is 0 Å². The molecule has 0 radical (unpaired) electrons. The van der Waals surface area contributed by atoms with Crippen molar-refractivity contribution in [2.24, 2.45) is 0 Å². The van der Waals surface area contributed by atoms with Crippen LogP contribution in [0.3, 0.4) is 0 Å². The molecule has 4 rings (SSSR count). The number of nitrogens with zero attached hydrogens (tertiary/aromatic N) is 3. The van der Waals surface area contributed by atoms with Gasteiger partial charge in [-0.1, -0.05) is 54.1 Å². The Balaban J connectivity index is 1.31. The van der Waals surface area contributed by atoms with Gasteiger partial charge in [-0.2, -0.15) is 5.10 Å². The van der Waals surface area contributed by atoms with Crippen LogP contribution in [-0.4, -0.2) is 44.7 Å². The number of hydrogen-bond donors (Lipinski definition) is 2. The Morgan fingerprint density at radius 3 is 2.87 bits per heavy atom. The molecule has 1 saturated heterocycles. The van der Waals surface area contributed by atoms with Crippen LogP contribution < -0.4 is 5.32 Å². The average molecular weight is 422 g/mol. The number of hydrogen-bond acceptors (Lipinski definition) is 4. The monoisotopic (exact) mass is 421 g/mol. The van der Waals surface area contributed by atoms with Gasteiger partial charge in [0, 0.05) is 44.2 Å². The number of rotatable bonds is 7. The molecule has 1 fully saturated rings. The molecular formula is C23H27N5OS. The van der Waals surface area contributed by atoms with Crippen LogP contribution in [0.4, 0.5) is 0 Å². The smallest absolute Gasteiger partial charge is 0.222 e. The van der Waals surface area contributed by atoms with E-state index in [-0.39, 0.29) is 11.9 Å². The van der Waals surface area contributed by atoms with Gasteiger partial charge < -0.3 is 5.32 Å². The fourth-order valence-corrected chi connectivity index (χ4v) is 4.20. The van der Waals surface area contributed by atoms with Crippen LogP contribution in [0.15, 0.2) is 54.6 Å². The lowest BCUT2D eigenvalue weighted by Gasteiger charge is -2.17. The number of carbonyl (C=O) groups excluding carboxylic acids is 1. The van der Waals surface area contributed by atoms with Crippen molar-refractivity contribution in [3.63, 3.8) is 0 Å². The van der Waals surface area contributed by atoms with Gasteiger partial charge in [-0.3, -0.25) is 19.4 Å². The topological polar surface area (TPSA) is 66.0 Å². The van der Waals surface area contributed by atoms with E-state index in [9.17, 15) is 4.79 Å². The molecule has 2 N–H and O–H groups in total. The van der Waals surface area contributed by atoms with Crippen molar-refractivity contribution in [2.45, 2.75) is 38.9 Å². The SMILES string of the molecule is Cc1cccc(-c2n[nH]c(=S)n2CCC(=O)NC2CCN(Cc3ccccc3)C2)c1. The lowest BCUT2D eigenvalue weighted by atomic mass is 10.1. The summed E-state index contributed by atoms with van der Waals surface area (Å²) in [4.78, 5) is 15.0. The highest BCUT2D eigenvalue weighted by Gasteiger charge is 2.23. The van der Waals surface area contributed by atoms with Crippen LogP contribution in [0.25, 0.3) is 11.4 Å². The minimum absolute atomic E-state index is 0.0554. The average Bonchev–Trinajstić information content (AvgIpc) is 3.33. The van der Waals surface area contributed by atoms with Gasteiger partial charge in [-0.25, -0.2) is 0 Å². The molecule has 1 aliphatic heterocycles. The van der Waals surface area contributed by atoms with E-state index in [0.29, 0.717) is 17.7 Å². The second kappa shape index (κ2) is 9.36. The van der Waals surface area contributed by atoms with E-state index in [4.69, 9.17) is 12.2 Å². The van der Waals surface area contributed by atoms with Crippen molar-refractivity contribution in [2.75, 3.05) is 13.1 Å². The number of benzene rings is 2. The summed E-state index contributed by atoms with van der Waals surface area (Å²) in [6.45, 7) is 5.37. The lowest BCUT2D eigenvalue weighted by Crippen LogP contribution is -2.37. The van der Waals surface area contributed by atoms with E-state index < -0.39 is 0 Å². The first-order valence-electron chi connectivity index (χ1n) is 10.4. The Bertz CT molecular complexity index is 1060. The van der Waals surface area contributed by atoms with E-state index in [1.165, 1.54) is 5.56 Å². The van der Waals surface area contributed by atoms with Crippen molar-refractivity contribution in [3.05, 3.63) is 70.5 Å². The van der Waals surface area contributed by atoms with Gasteiger partial charge in [0.25, 0.3) is 0 Å². The number of nitrogens with one attached hydrogen (secondary N) is 2. The maximum atomic E-state index is 12.6. The van der Waals surface area contributed by atoms with Crippen molar-refractivity contribution in [1.29, 1.82) is 0 Å². The van der Waals surface area contributed by atoms with Crippen LogP contribution in [0.1, 0.15) is 24.0 Å². The predicted molar refractivity (Wildman–Crippen MR) is 120 cm³/mol. The molecule has 156 valence electrons. The molecule has 1 amide bonds. The molecule has 1 aromatic heterocycles. The Hall–Kier alpha value is -2.77. The van der Waals surface area contributed by atoms with Crippen LogP contribution >= 0.6 is 12.2 Å². The molecule has 1 atom stereocenters. The molecule has 2 aromatic carbocycles. The molecule has 3 aromatic rings. The molecule has 30 heavy (non-hydrogen) atoms. The Morgan fingerprint density at radius 1 is 1.23 bits per heavy atom. The first-order chi connectivity index (χ1) is 14.6. The predicted octanol–water partition coefficient (Wildman–Crippen LogP) is 3.70. The van der Waals surface area contributed by atoms with Gasteiger partial charge in [0.2, 0.25) is 5.91 Å². The third kappa shape index (κ3) is 5.04. The molecular weight excluding hydrogens is 394 g/mol.